The zero-order chi connectivity index (χ0) is 15.6. The molecule has 21 heavy (non-hydrogen) atoms. The Morgan fingerprint density at radius 1 is 1.24 bits per heavy atom. The van der Waals surface area contributed by atoms with Crippen LogP contribution in [0.15, 0.2) is 40.9 Å². The number of nitrogens with one attached hydrogen (secondary N) is 1. The van der Waals surface area contributed by atoms with Gasteiger partial charge in [-0.3, -0.25) is 14.9 Å². The van der Waals surface area contributed by atoms with Gasteiger partial charge in [0.2, 0.25) is 0 Å². The van der Waals surface area contributed by atoms with E-state index in [-0.39, 0.29) is 15.8 Å². The molecule has 2 aromatic rings. The third kappa shape index (κ3) is 3.22. The van der Waals surface area contributed by atoms with E-state index in [1.165, 1.54) is 24.3 Å². The average Bonchev–Trinajstić information content (AvgIpc) is 2.43. The predicted octanol–water partition coefficient (Wildman–Crippen LogP) is 3.89. The highest BCUT2D eigenvalue weighted by atomic mass is 79.9. The molecule has 0 aliphatic rings. The van der Waals surface area contributed by atoms with E-state index in [9.17, 15) is 23.7 Å². The molecule has 108 valence electrons. The number of amides is 1. The number of carbonyl (C=O) groups is 1. The van der Waals surface area contributed by atoms with Gasteiger partial charge in [-0.15, -0.1) is 0 Å². The van der Waals surface area contributed by atoms with Crippen molar-refractivity contribution in [2.45, 2.75) is 0 Å². The first kappa shape index (κ1) is 15.0. The molecular formula is C13H7BrF2N2O3. The van der Waals surface area contributed by atoms with Crippen molar-refractivity contribution in [3.8, 4) is 0 Å². The smallest absolute Gasteiger partial charge is 0.270 e. The second-order valence-electron chi connectivity index (χ2n) is 3.98. The van der Waals surface area contributed by atoms with Crippen molar-refractivity contribution in [3.63, 3.8) is 0 Å². The van der Waals surface area contributed by atoms with Crippen LogP contribution in [0.25, 0.3) is 0 Å². The average molecular weight is 357 g/mol. The van der Waals surface area contributed by atoms with Crippen LogP contribution < -0.4 is 5.32 Å². The lowest BCUT2D eigenvalue weighted by molar-refractivity contribution is -0.384. The first-order valence-electron chi connectivity index (χ1n) is 5.59. The summed E-state index contributed by atoms with van der Waals surface area (Å²) in [5.41, 5.74) is -0.425. The Morgan fingerprint density at radius 3 is 2.57 bits per heavy atom. The minimum Gasteiger partial charge on any atom is -0.321 e. The first-order valence-corrected chi connectivity index (χ1v) is 6.38. The van der Waals surface area contributed by atoms with Crippen LogP contribution in [-0.2, 0) is 0 Å². The normalized spacial score (nSPS) is 10.2. The quantitative estimate of drug-likeness (QED) is 0.669. The fraction of sp³-hybridized carbons (Fsp3) is 0. The van der Waals surface area contributed by atoms with Crippen molar-refractivity contribution in [2.24, 2.45) is 0 Å². The number of rotatable bonds is 3. The second-order valence-corrected chi connectivity index (χ2v) is 4.83. The number of nitro groups is 1. The van der Waals surface area contributed by atoms with E-state index < -0.39 is 28.0 Å². The summed E-state index contributed by atoms with van der Waals surface area (Å²) in [6, 6.07) is 6.90. The van der Waals surface area contributed by atoms with Crippen LogP contribution >= 0.6 is 15.9 Å². The van der Waals surface area contributed by atoms with Gasteiger partial charge in [-0.2, -0.15) is 0 Å². The van der Waals surface area contributed by atoms with Gasteiger partial charge in [-0.1, -0.05) is 6.07 Å². The van der Waals surface area contributed by atoms with Crippen LogP contribution in [0, 0.1) is 21.7 Å². The number of hydrogen-bond acceptors (Lipinski definition) is 3. The van der Waals surface area contributed by atoms with E-state index in [2.05, 4.69) is 21.2 Å². The lowest BCUT2D eigenvalue weighted by Gasteiger charge is -2.08. The topological polar surface area (TPSA) is 72.2 Å². The maximum absolute atomic E-state index is 13.5. The highest BCUT2D eigenvalue weighted by molar-refractivity contribution is 9.10. The molecule has 8 heteroatoms. The van der Waals surface area contributed by atoms with E-state index in [1.54, 1.807) is 0 Å². The lowest BCUT2D eigenvalue weighted by atomic mass is 10.2. The SMILES string of the molecule is O=C(Nc1ccc([N+](=O)[O-])cc1Br)c1cccc(F)c1F. The second kappa shape index (κ2) is 5.96. The zero-order valence-electron chi connectivity index (χ0n) is 10.3. The first-order chi connectivity index (χ1) is 9.90. The molecule has 0 unspecified atom stereocenters. The van der Waals surface area contributed by atoms with Crippen molar-refractivity contribution < 1.29 is 18.5 Å². The van der Waals surface area contributed by atoms with Gasteiger partial charge in [0.05, 0.1) is 16.2 Å². The molecule has 0 aliphatic carbocycles. The molecule has 2 rings (SSSR count). The maximum Gasteiger partial charge on any atom is 0.270 e. The molecule has 5 nitrogen and oxygen atoms in total. The number of carbonyl (C=O) groups excluding carboxylic acids is 1. The summed E-state index contributed by atoms with van der Waals surface area (Å²) in [5.74, 6) is -3.25. The van der Waals surface area contributed by atoms with Crippen molar-refractivity contribution in [2.75, 3.05) is 5.32 Å². The lowest BCUT2D eigenvalue weighted by Crippen LogP contribution is -2.14. The molecule has 0 atom stereocenters. The number of nitrogens with zero attached hydrogens (tertiary/aromatic N) is 1. The summed E-state index contributed by atoms with van der Waals surface area (Å²) in [6.07, 6.45) is 0. The van der Waals surface area contributed by atoms with Gasteiger partial charge >= 0.3 is 0 Å². The molecule has 0 radical (unpaired) electrons. The number of hydrogen-bond donors (Lipinski definition) is 1. The Bertz CT molecular complexity index is 737. The van der Waals surface area contributed by atoms with Crippen LogP contribution in [0.2, 0.25) is 0 Å². The molecule has 0 bridgehead atoms. The molecule has 2 aromatic carbocycles. The molecular weight excluding hydrogens is 350 g/mol. The van der Waals surface area contributed by atoms with Crippen molar-refractivity contribution in [1.82, 2.24) is 0 Å². The van der Waals surface area contributed by atoms with Gasteiger partial charge in [0, 0.05) is 16.6 Å². The summed E-state index contributed by atoms with van der Waals surface area (Å²) in [5, 5.41) is 12.9. The van der Waals surface area contributed by atoms with Crippen LogP contribution in [0.4, 0.5) is 20.2 Å². The van der Waals surface area contributed by atoms with E-state index in [4.69, 9.17) is 0 Å². The summed E-state index contributed by atoms with van der Waals surface area (Å²) < 4.78 is 26.8. The Balaban J connectivity index is 2.28. The third-order valence-electron chi connectivity index (χ3n) is 2.61. The van der Waals surface area contributed by atoms with Gasteiger partial charge < -0.3 is 5.32 Å². The molecule has 1 N–H and O–H groups in total. The van der Waals surface area contributed by atoms with Gasteiger partial charge in [-0.25, -0.2) is 8.78 Å². The fourth-order valence-electron chi connectivity index (χ4n) is 1.59. The monoisotopic (exact) mass is 356 g/mol. The Hall–Kier alpha value is -2.35. The maximum atomic E-state index is 13.5. The molecule has 0 aliphatic heterocycles. The van der Waals surface area contributed by atoms with Crippen molar-refractivity contribution in [3.05, 3.63) is 68.2 Å². The van der Waals surface area contributed by atoms with E-state index >= 15 is 0 Å². The molecule has 0 saturated carbocycles. The standard InChI is InChI=1S/C13H7BrF2N2O3/c14-9-6-7(18(20)21)4-5-11(9)17-13(19)8-2-1-3-10(15)12(8)16/h1-6H,(H,17,19). The minimum atomic E-state index is -1.26. The van der Waals surface area contributed by atoms with Crippen molar-refractivity contribution in [1.29, 1.82) is 0 Å². The molecule has 0 saturated heterocycles. The number of nitro benzene ring substituents is 1. The van der Waals surface area contributed by atoms with Gasteiger partial charge in [0.15, 0.2) is 11.6 Å². The van der Waals surface area contributed by atoms with Crippen LogP contribution in [-0.4, -0.2) is 10.8 Å². The molecule has 0 fully saturated rings. The van der Waals surface area contributed by atoms with E-state index in [0.29, 0.717) is 0 Å². The Kier molecular flexibility index (Phi) is 4.27. The zero-order valence-corrected chi connectivity index (χ0v) is 11.9. The van der Waals surface area contributed by atoms with Crippen LogP contribution in [0.1, 0.15) is 10.4 Å². The highest BCUT2D eigenvalue weighted by Gasteiger charge is 2.17. The van der Waals surface area contributed by atoms with Crippen LogP contribution in [0.3, 0.4) is 0 Å². The number of anilines is 1. The number of benzene rings is 2. The molecule has 0 aromatic heterocycles. The molecule has 1 amide bonds. The molecule has 0 heterocycles. The largest absolute Gasteiger partial charge is 0.321 e. The summed E-state index contributed by atoms with van der Waals surface area (Å²) >= 11 is 3.06. The highest BCUT2D eigenvalue weighted by Crippen LogP contribution is 2.27. The van der Waals surface area contributed by atoms with Gasteiger partial charge in [0.1, 0.15) is 0 Å². The summed E-state index contributed by atoms with van der Waals surface area (Å²) in [6.45, 7) is 0. The van der Waals surface area contributed by atoms with Gasteiger partial charge in [0.25, 0.3) is 11.6 Å². The number of halogens is 3. The van der Waals surface area contributed by atoms with Crippen LogP contribution in [0.5, 0.6) is 0 Å². The number of non-ortho nitro benzene ring substituents is 1. The Labute approximate surface area is 125 Å². The molecule has 0 spiro atoms. The van der Waals surface area contributed by atoms with Gasteiger partial charge in [-0.05, 0) is 34.1 Å². The minimum absolute atomic E-state index is 0.170. The van der Waals surface area contributed by atoms with E-state index in [0.717, 1.165) is 12.1 Å². The predicted molar refractivity (Wildman–Crippen MR) is 75.1 cm³/mol. The third-order valence-corrected chi connectivity index (χ3v) is 3.26. The Morgan fingerprint density at radius 2 is 1.95 bits per heavy atom. The van der Waals surface area contributed by atoms with Crippen molar-refractivity contribution >= 4 is 33.2 Å². The summed E-state index contributed by atoms with van der Waals surface area (Å²) in [4.78, 5) is 21.9. The van der Waals surface area contributed by atoms with E-state index in [1.807, 2.05) is 0 Å². The fourth-order valence-corrected chi connectivity index (χ4v) is 2.05. The summed E-state index contributed by atoms with van der Waals surface area (Å²) in [7, 11) is 0.